The molecule has 1 atom stereocenters. The summed E-state index contributed by atoms with van der Waals surface area (Å²) in [5, 5.41) is 0.698. The van der Waals surface area contributed by atoms with Gasteiger partial charge in [0.2, 0.25) is 0 Å². The van der Waals surface area contributed by atoms with Crippen LogP contribution in [-0.4, -0.2) is 26.7 Å². The summed E-state index contributed by atoms with van der Waals surface area (Å²) in [6, 6.07) is 7.06. The van der Waals surface area contributed by atoms with Crippen LogP contribution in [0.25, 0.3) is 0 Å². The molecule has 0 saturated carbocycles. The lowest BCUT2D eigenvalue weighted by molar-refractivity contribution is 0.00650. The number of esters is 1. The molecule has 168 valence electrons. The van der Waals surface area contributed by atoms with Crippen molar-refractivity contribution in [2.75, 3.05) is 0 Å². The summed E-state index contributed by atoms with van der Waals surface area (Å²) in [7, 11) is -1.48. The minimum absolute atomic E-state index is 0.0760. The van der Waals surface area contributed by atoms with Gasteiger partial charge in [0.05, 0.1) is 15.3 Å². The van der Waals surface area contributed by atoms with E-state index >= 15 is 0 Å². The number of halogens is 3. The molecule has 1 unspecified atom stereocenters. The van der Waals surface area contributed by atoms with Gasteiger partial charge in [-0.25, -0.2) is 13.4 Å². The van der Waals surface area contributed by atoms with Crippen molar-refractivity contribution >= 4 is 58.1 Å². The van der Waals surface area contributed by atoms with Crippen molar-refractivity contribution < 1.29 is 18.1 Å². The van der Waals surface area contributed by atoms with E-state index < -0.39 is 33.1 Å². The zero-order chi connectivity index (χ0) is 23.6. The van der Waals surface area contributed by atoms with E-state index in [0.717, 1.165) is 17.8 Å². The van der Waals surface area contributed by atoms with Gasteiger partial charge in [0.1, 0.15) is 22.4 Å². The third kappa shape index (κ3) is 7.59. The Balaban J connectivity index is 2.51. The first-order valence-electron chi connectivity index (χ1n) is 9.33. The Morgan fingerprint density at radius 1 is 1.13 bits per heavy atom. The van der Waals surface area contributed by atoms with Crippen LogP contribution in [-0.2, 0) is 15.7 Å². The first-order chi connectivity index (χ1) is 14.2. The second kappa shape index (κ2) is 10.0. The van der Waals surface area contributed by atoms with Crippen LogP contribution in [0.2, 0.25) is 10.0 Å². The molecular weight excluding hydrogens is 480 g/mol. The summed E-state index contributed by atoms with van der Waals surface area (Å²) in [4.78, 5) is 13.6. The van der Waals surface area contributed by atoms with Gasteiger partial charge < -0.3 is 4.74 Å². The van der Waals surface area contributed by atoms with Crippen LogP contribution in [0.3, 0.4) is 0 Å². The molecule has 0 radical (unpaired) electrons. The Morgan fingerprint density at radius 3 is 2.35 bits per heavy atom. The zero-order valence-corrected chi connectivity index (χ0v) is 21.2. The van der Waals surface area contributed by atoms with E-state index in [4.69, 9.17) is 27.9 Å². The van der Waals surface area contributed by atoms with Crippen LogP contribution in [0.15, 0.2) is 44.5 Å². The summed E-state index contributed by atoms with van der Waals surface area (Å²) < 4.78 is 35.2. The van der Waals surface area contributed by atoms with Gasteiger partial charge in [-0.05, 0) is 71.9 Å². The Bertz CT molecular complexity index is 1040. The predicted molar refractivity (Wildman–Crippen MR) is 128 cm³/mol. The van der Waals surface area contributed by atoms with Crippen molar-refractivity contribution in [1.29, 1.82) is 0 Å². The minimum Gasteiger partial charge on any atom is -0.456 e. The predicted octanol–water partition coefficient (Wildman–Crippen LogP) is 7.12. The van der Waals surface area contributed by atoms with Gasteiger partial charge in [-0.3, -0.25) is 0 Å². The third-order valence-electron chi connectivity index (χ3n) is 3.62. The fourth-order valence-electron chi connectivity index (χ4n) is 2.24. The largest absolute Gasteiger partial charge is 0.456 e. The van der Waals surface area contributed by atoms with E-state index in [1.165, 1.54) is 18.3 Å². The average molecular weight is 504 g/mol. The summed E-state index contributed by atoms with van der Waals surface area (Å²) in [5.74, 6) is -1.21. The van der Waals surface area contributed by atoms with E-state index in [2.05, 4.69) is 4.40 Å². The molecule has 0 aliphatic carbocycles. The number of nitrogens with zero attached hydrogens (tertiary/aromatic N) is 1. The van der Waals surface area contributed by atoms with E-state index in [9.17, 15) is 13.4 Å². The van der Waals surface area contributed by atoms with Crippen LogP contribution in [0.1, 0.15) is 57.5 Å². The number of hydrogen-bond donors (Lipinski definition) is 0. The fraction of sp³-hybridized carbons (Fsp3) is 0.364. The molecule has 31 heavy (non-hydrogen) atoms. The molecule has 0 aromatic heterocycles. The van der Waals surface area contributed by atoms with Crippen molar-refractivity contribution in [2.45, 2.75) is 61.7 Å². The first-order valence-corrected chi connectivity index (χ1v) is 12.0. The second-order valence-electron chi connectivity index (χ2n) is 8.65. The summed E-state index contributed by atoms with van der Waals surface area (Å²) in [6.45, 7) is 10.6. The topological polar surface area (TPSA) is 55.7 Å². The molecule has 0 saturated heterocycles. The molecule has 2 aromatic carbocycles. The Labute approximate surface area is 199 Å². The number of rotatable bonds is 5. The molecule has 0 spiro atoms. The van der Waals surface area contributed by atoms with Crippen LogP contribution >= 0.6 is 35.0 Å². The van der Waals surface area contributed by atoms with Crippen LogP contribution in [0, 0.1) is 5.82 Å². The van der Waals surface area contributed by atoms with Crippen molar-refractivity contribution in [1.82, 2.24) is 0 Å². The van der Waals surface area contributed by atoms with Gasteiger partial charge in [0, 0.05) is 26.6 Å². The van der Waals surface area contributed by atoms with Crippen molar-refractivity contribution in [3.05, 3.63) is 57.3 Å². The molecule has 0 amide bonds. The number of ether oxygens (including phenoxy) is 1. The maximum atomic E-state index is 13.9. The van der Waals surface area contributed by atoms with Gasteiger partial charge in [-0.15, -0.1) is 0 Å². The van der Waals surface area contributed by atoms with Crippen molar-refractivity contribution in [3.63, 3.8) is 0 Å². The minimum atomic E-state index is -1.48. The smallest absolute Gasteiger partial charge is 0.339 e. The van der Waals surface area contributed by atoms with E-state index in [0.29, 0.717) is 25.4 Å². The maximum Gasteiger partial charge on any atom is 0.339 e. The highest BCUT2D eigenvalue weighted by molar-refractivity contribution is 7.99. The van der Waals surface area contributed by atoms with Gasteiger partial charge >= 0.3 is 5.97 Å². The molecule has 4 nitrogen and oxygen atoms in total. The molecule has 0 aliphatic rings. The fourth-order valence-corrected chi connectivity index (χ4v) is 4.38. The molecule has 0 heterocycles. The lowest BCUT2D eigenvalue weighted by atomic mass is 10.1. The standard InChI is InChI=1S/C22H24Cl2FNO3S2/c1-21(2,3)29-20(27)16-11-15(25)7-8-18(16)30-19-13(9-14(23)10-17(19)24)12-26-31(28)22(4,5)6/h7-12H,1-6H3. The van der Waals surface area contributed by atoms with Crippen LogP contribution in [0.4, 0.5) is 4.39 Å². The highest BCUT2D eigenvalue weighted by Crippen LogP contribution is 2.39. The molecule has 2 rings (SSSR count). The molecule has 0 N–H and O–H groups in total. The Morgan fingerprint density at radius 2 is 1.77 bits per heavy atom. The first kappa shape index (κ1) is 25.8. The summed E-state index contributed by atoms with van der Waals surface area (Å²) in [5.41, 5.74) is -0.135. The normalized spacial score (nSPS) is 13.5. The molecular formula is C22H24Cl2FNO3S2. The number of carbonyl (C=O) groups excluding carboxylic acids is 1. The quantitative estimate of drug-likeness (QED) is 0.321. The van der Waals surface area contributed by atoms with Crippen LogP contribution in [0.5, 0.6) is 0 Å². The molecule has 2 aromatic rings. The average Bonchev–Trinajstić information content (AvgIpc) is 2.60. The van der Waals surface area contributed by atoms with Gasteiger partial charge in [0.15, 0.2) is 0 Å². The summed E-state index contributed by atoms with van der Waals surface area (Å²) in [6.07, 6.45) is 1.44. The second-order valence-corrected chi connectivity index (χ2v) is 12.5. The highest BCUT2D eigenvalue weighted by Gasteiger charge is 2.23. The van der Waals surface area contributed by atoms with E-state index in [1.807, 2.05) is 20.8 Å². The van der Waals surface area contributed by atoms with Crippen LogP contribution < -0.4 is 0 Å². The summed E-state index contributed by atoms with van der Waals surface area (Å²) >= 11 is 13.7. The van der Waals surface area contributed by atoms with E-state index in [1.54, 1.807) is 32.9 Å². The number of benzene rings is 2. The van der Waals surface area contributed by atoms with Gasteiger partial charge in [-0.2, -0.15) is 4.40 Å². The SMILES string of the molecule is CC(C)(C)OC(=O)c1cc(F)ccc1Sc1c(Cl)cc(Cl)cc1C=NS(=O)C(C)(C)C. The monoisotopic (exact) mass is 503 g/mol. The number of carbonyl (C=O) groups is 1. The van der Waals surface area contributed by atoms with Crippen molar-refractivity contribution in [3.8, 4) is 0 Å². The third-order valence-corrected chi connectivity index (χ3v) is 6.83. The number of hydrogen-bond acceptors (Lipinski definition) is 4. The zero-order valence-electron chi connectivity index (χ0n) is 18.1. The molecule has 9 heteroatoms. The van der Waals surface area contributed by atoms with Gasteiger partial charge in [0.25, 0.3) is 0 Å². The van der Waals surface area contributed by atoms with E-state index in [-0.39, 0.29) is 5.56 Å². The molecule has 0 aliphatic heterocycles. The lowest BCUT2D eigenvalue weighted by Gasteiger charge is -2.20. The van der Waals surface area contributed by atoms with Crippen molar-refractivity contribution in [2.24, 2.45) is 4.40 Å². The van der Waals surface area contributed by atoms with Gasteiger partial charge in [-0.1, -0.05) is 35.0 Å². The Kier molecular flexibility index (Phi) is 8.36. The highest BCUT2D eigenvalue weighted by atomic mass is 35.5. The Hall–Kier alpha value is -1.41. The molecule has 0 fully saturated rings. The lowest BCUT2D eigenvalue weighted by Crippen LogP contribution is -2.24. The maximum absolute atomic E-state index is 13.9. The molecule has 0 bridgehead atoms.